The van der Waals surface area contributed by atoms with E-state index in [0.717, 1.165) is 48.3 Å². The van der Waals surface area contributed by atoms with Crippen LogP contribution < -0.4 is 10.2 Å². The molecule has 4 amide bonds. The third-order valence-electron chi connectivity index (χ3n) is 5.75. The molecule has 1 aliphatic carbocycles. The van der Waals surface area contributed by atoms with Crippen molar-refractivity contribution >= 4 is 40.3 Å². The highest BCUT2D eigenvalue weighted by molar-refractivity contribution is 7.17. The van der Waals surface area contributed by atoms with Gasteiger partial charge in [0, 0.05) is 6.54 Å². The molecule has 170 valence electrons. The number of carbonyl (C=O) groups excluding carboxylic acids is 4. The zero-order valence-electron chi connectivity index (χ0n) is 18.5. The molecule has 1 saturated heterocycles. The Bertz CT molecular complexity index is 881. The maximum atomic E-state index is 13.2. The van der Waals surface area contributed by atoms with E-state index >= 15 is 0 Å². The van der Waals surface area contributed by atoms with Crippen LogP contribution in [0.15, 0.2) is 0 Å². The van der Waals surface area contributed by atoms with Gasteiger partial charge in [-0.3, -0.25) is 19.4 Å². The predicted molar refractivity (Wildman–Crippen MR) is 116 cm³/mol. The van der Waals surface area contributed by atoms with Crippen LogP contribution in [0.4, 0.5) is 9.93 Å². The molecule has 0 aromatic carbocycles. The molecule has 3 rings (SSSR count). The van der Waals surface area contributed by atoms with Gasteiger partial charge in [-0.2, -0.15) is 0 Å². The number of aryl methyl sites for hydroxylation is 1. The number of anilines is 1. The first-order valence-corrected chi connectivity index (χ1v) is 11.6. The van der Waals surface area contributed by atoms with E-state index in [0.29, 0.717) is 22.2 Å². The number of nitrogens with one attached hydrogen (secondary N) is 1. The molecule has 2 aliphatic rings. The number of rotatable bonds is 10. The second-order valence-corrected chi connectivity index (χ2v) is 9.16. The number of hydrogen-bond donors (Lipinski definition) is 1. The molecule has 1 aromatic heterocycles. The minimum absolute atomic E-state index is 0.124. The Morgan fingerprint density at radius 2 is 2.00 bits per heavy atom. The molecule has 9 nitrogen and oxygen atoms in total. The topological polar surface area (TPSA) is 109 Å². The number of urea groups is 1. The first-order valence-electron chi connectivity index (χ1n) is 10.8. The summed E-state index contributed by atoms with van der Waals surface area (Å²) in [6.07, 6.45) is 4.42. The standard InChI is InChI=1S/C21H30N4O5S/c1-5-7-8-11-24(20-22-13(3)16(31-20)17(27)30-6-2)15(26)12-25-18(28)21(4,14-9-10-14)23-19(25)29/h14H,5-12H2,1-4H3,(H,23,29). The summed E-state index contributed by atoms with van der Waals surface area (Å²) in [5.41, 5.74) is -0.442. The van der Waals surface area contributed by atoms with Crippen molar-refractivity contribution in [3.05, 3.63) is 10.6 Å². The van der Waals surface area contributed by atoms with E-state index in [9.17, 15) is 19.2 Å². The van der Waals surface area contributed by atoms with Gasteiger partial charge < -0.3 is 10.1 Å². The maximum absolute atomic E-state index is 13.2. The maximum Gasteiger partial charge on any atom is 0.350 e. The van der Waals surface area contributed by atoms with Crippen LogP contribution in [0.2, 0.25) is 0 Å². The Morgan fingerprint density at radius 1 is 1.29 bits per heavy atom. The van der Waals surface area contributed by atoms with E-state index < -0.39 is 23.4 Å². The van der Waals surface area contributed by atoms with Gasteiger partial charge in [0.2, 0.25) is 5.91 Å². The fourth-order valence-electron chi connectivity index (χ4n) is 3.75. The molecule has 31 heavy (non-hydrogen) atoms. The van der Waals surface area contributed by atoms with Crippen LogP contribution in [-0.2, 0) is 14.3 Å². The fraction of sp³-hybridized carbons (Fsp3) is 0.667. The molecule has 1 aliphatic heterocycles. The number of thiazole rings is 1. The van der Waals surface area contributed by atoms with Gasteiger partial charge in [-0.05, 0) is 46.0 Å². The molecule has 0 spiro atoms. The van der Waals surface area contributed by atoms with E-state index in [1.807, 2.05) is 0 Å². The lowest BCUT2D eigenvalue weighted by Gasteiger charge is -2.23. The van der Waals surface area contributed by atoms with Crippen molar-refractivity contribution in [2.24, 2.45) is 5.92 Å². The Morgan fingerprint density at radius 3 is 2.61 bits per heavy atom. The minimum Gasteiger partial charge on any atom is -0.462 e. The van der Waals surface area contributed by atoms with Gasteiger partial charge in [-0.15, -0.1) is 0 Å². The molecular formula is C21H30N4O5S. The van der Waals surface area contributed by atoms with E-state index in [-0.39, 0.29) is 25.0 Å². The van der Waals surface area contributed by atoms with Gasteiger partial charge in [0.05, 0.1) is 12.3 Å². The monoisotopic (exact) mass is 450 g/mol. The van der Waals surface area contributed by atoms with Crippen LogP contribution in [0, 0.1) is 12.8 Å². The average molecular weight is 451 g/mol. The van der Waals surface area contributed by atoms with Gasteiger partial charge in [0.1, 0.15) is 17.0 Å². The zero-order chi connectivity index (χ0) is 22.8. The van der Waals surface area contributed by atoms with Crippen LogP contribution >= 0.6 is 11.3 Å². The van der Waals surface area contributed by atoms with E-state index in [4.69, 9.17) is 4.74 Å². The van der Waals surface area contributed by atoms with Gasteiger partial charge >= 0.3 is 12.0 Å². The largest absolute Gasteiger partial charge is 0.462 e. The second-order valence-electron chi connectivity index (χ2n) is 8.18. The molecule has 2 heterocycles. The van der Waals surface area contributed by atoms with Crippen LogP contribution in [0.3, 0.4) is 0 Å². The van der Waals surface area contributed by atoms with Crippen molar-refractivity contribution in [1.82, 2.24) is 15.2 Å². The highest BCUT2D eigenvalue weighted by atomic mass is 32.1. The molecule has 1 aromatic rings. The number of amides is 4. The SMILES string of the molecule is CCCCCN(C(=O)CN1C(=O)NC(C)(C2CC2)C1=O)c1nc(C)c(C(=O)OCC)s1. The van der Waals surface area contributed by atoms with E-state index in [1.165, 1.54) is 4.90 Å². The second kappa shape index (κ2) is 9.33. The molecule has 0 radical (unpaired) electrons. The minimum atomic E-state index is -0.931. The third kappa shape index (κ3) is 4.73. The summed E-state index contributed by atoms with van der Waals surface area (Å²) in [7, 11) is 0. The molecular weight excluding hydrogens is 420 g/mol. The molecule has 10 heteroatoms. The molecule has 1 saturated carbocycles. The number of hydrogen-bond acceptors (Lipinski definition) is 7. The fourth-order valence-corrected chi connectivity index (χ4v) is 4.75. The van der Waals surface area contributed by atoms with Crippen molar-refractivity contribution < 1.29 is 23.9 Å². The Hall–Kier alpha value is -2.49. The number of unbranched alkanes of at least 4 members (excludes halogenated alkanes) is 2. The van der Waals surface area contributed by atoms with Crippen LogP contribution in [0.5, 0.6) is 0 Å². The number of imide groups is 1. The Kier molecular flexibility index (Phi) is 6.98. The van der Waals surface area contributed by atoms with Crippen molar-refractivity contribution in [2.75, 3.05) is 24.6 Å². The lowest BCUT2D eigenvalue weighted by molar-refractivity contribution is -0.134. The van der Waals surface area contributed by atoms with Gasteiger partial charge in [-0.25, -0.2) is 14.6 Å². The Labute approximate surface area is 186 Å². The van der Waals surface area contributed by atoms with Crippen LogP contribution in [0.1, 0.15) is 68.2 Å². The number of esters is 1. The highest BCUT2D eigenvalue weighted by Crippen LogP contribution is 2.42. The highest BCUT2D eigenvalue weighted by Gasteiger charge is 2.56. The number of carbonyl (C=O) groups is 4. The number of aromatic nitrogens is 1. The van der Waals surface area contributed by atoms with E-state index in [2.05, 4.69) is 17.2 Å². The van der Waals surface area contributed by atoms with Crippen molar-refractivity contribution in [1.29, 1.82) is 0 Å². The van der Waals surface area contributed by atoms with Gasteiger partial charge in [-0.1, -0.05) is 31.1 Å². The summed E-state index contributed by atoms with van der Waals surface area (Å²) in [6.45, 7) is 7.49. The molecule has 1 unspecified atom stereocenters. The molecule has 0 bridgehead atoms. The van der Waals surface area contributed by atoms with Crippen LogP contribution in [0.25, 0.3) is 0 Å². The summed E-state index contributed by atoms with van der Waals surface area (Å²) in [5, 5.41) is 3.14. The Balaban J connectivity index is 1.79. The van der Waals surface area contributed by atoms with Gasteiger partial charge in [0.25, 0.3) is 5.91 Å². The number of ether oxygens (including phenoxy) is 1. The summed E-state index contributed by atoms with van der Waals surface area (Å²) < 4.78 is 5.07. The lowest BCUT2D eigenvalue weighted by Crippen LogP contribution is -2.47. The van der Waals surface area contributed by atoms with Crippen LogP contribution in [-0.4, -0.2) is 58.9 Å². The van der Waals surface area contributed by atoms with Crippen molar-refractivity contribution in [2.45, 2.75) is 65.3 Å². The first kappa shape index (κ1) is 23.2. The van der Waals surface area contributed by atoms with Crippen molar-refractivity contribution in [3.8, 4) is 0 Å². The third-order valence-corrected chi connectivity index (χ3v) is 6.91. The summed E-state index contributed by atoms with van der Waals surface area (Å²) in [4.78, 5) is 58.0. The normalized spacial score (nSPS) is 20.7. The van der Waals surface area contributed by atoms with E-state index in [1.54, 1.807) is 20.8 Å². The lowest BCUT2D eigenvalue weighted by atomic mass is 9.96. The summed E-state index contributed by atoms with van der Waals surface area (Å²) >= 11 is 1.09. The number of nitrogens with zero attached hydrogens (tertiary/aromatic N) is 3. The summed E-state index contributed by atoms with van der Waals surface area (Å²) in [6, 6.07) is -0.538. The zero-order valence-corrected chi connectivity index (χ0v) is 19.3. The summed E-state index contributed by atoms with van der Waals surface area (Å²) in [5.74, 6) is -1.11. The first-order chi connectivity index (χ1) is 14.7. The predicted octanol–water partition coefficient (Wildman–Crippen LogP) is 2.87. The molecule has 2 fully saturated rings. The van der Waals surface area contributed by atoms with Crippen molar-refractivity contribution in [3.63, 3.8) is 0 Å². The average Bonchev–Trinajstić information content (AvgIpc) is 3.47. The van der Waals surface area contributed by atoms with Gasteiger partial charge in [0.15, 0.2) is 5.13 Å². The quantitative estimate of drug-likeness (QED) is 0.334. The molecule has 1 atom stereocenters. The molecule has 1 N–H and O–H groups in total. The smallest absolute Gasteiger partial charge is 0.350 e.